The first-order valence-electron chi connectivity index (χ1n) is 14.4. The third-order valence-electron chi connectivity index (χ3n) is 7.67. The summed E-state index contributed by atoms with van der Waals surface area (Å²) in [6, 6.07) is 11.5. The molecule has 3 amide bonds. The number of anilines is 1. The molecule has 0 radical (unpaired) electrons. The van der Waals surface area contributed by atoms with Crippen LogP contribution >= 0.6 is 23.7 Å². The molecule has 1 saturated heterocycles. The highest BCUT2D eigenvalue weighted by atomic mass is 35.5. The van der Waals surface area contributed by atoms with Crippen molar-refractivity contribution in [2.75, 3.05) is 25.5 Å². The van der Waals surface area contributed by atoms with Crippen LogP contribution in [0.15, 0.2) is 66.3 Å². The van der Waals surface area contributed by atoms with E-state index in [0.29, 0.717) is 33.1 Å². The molecule has 236 valence electrons. The first-order valence-corrected chi connectivity index (χ1v) is 15.2. The number of carbonyl (C=O) groups excluding carboxylic acids is 3. The fourth-order valence-corrected chi connectivity index (χ4v) is 5.94. The summed E-state index contributed by atoms with van der Waals surface area (Å²) in [5.74, 6) is 4.64. The second-order valence-electron chi connectivity index (χ2n) is 10.6. The average molecular weight is 661 g/mol. The lowest BCUT2D eigenvalue weighted by molar-refractivity contribution is -0.120. The molecule has 2 aromatic heterocycles. The minimum Gasteiger partial charge on any atom is -0.496 e. The SMILES string of the molecule is COc1ccc(F)cc1C(C(=O)Nc1nccs1)N1Cc2ccc(C#Cc3ccc(C(=O)NC4CCNCC4)nc3)cc2C1=O.Cl. The van der Waals surface area contributed by atoms with Crippen molar-refractivity contribution in [2.45, 2.75) is 31.5 Å². The molecule has 0 saturated carbocycles. The Hall–Kier alpha value is -4.83. The number of hydrogen-bond donors (Lipinski definition) is 3. The van der Waals surface area contributed by atoms with Crippen molar-refractivity contribution in [1.82, 2.24) is 25.5 Å². The zero-order valence-corrected chi connectivity index (χ0v) is 26.3. The molecule has 0 bridgehead atoms. The second kappa shape index (κ2) is 14.5. The van der Waals surface area contributed by atoms with Gasteiger partial charge in [-0.1, -0.05) is 17.9 Å². The van der Waals surface area contributed by atoms with E-state index in [0.717, 1.165) is 25.9 Å². The van der Waals surface area contributed by atoms with E-state index in [1.54, 1.807) is 48.1 Å². The molecular formula is C33H30ClFN6O4S. The van der Waals surface area contributed by atoms with Gasteiger partial charge in [-0.3, -0.25) is 19.7 Å². The fourth-order valence-electron chi connectivity index (χ4n) is 5.41. The van der Waals surface area contributed by atoms with Crippen molar-refractivity contribution in [3.05, 3.63) is 106 Å². The molecule has 13 heteroatoms. The number of hydrogen-bond acceptors (Lipinski definition) is 8. The lowest BCUT2D eigenvalue weighted by Crippen LogP contribution is -2.42. The summed E-state index contributed by atoms with van der Waals surface area (Å²) in [6.45, 7) is 1.89. The molecule has 1 fully saturated rings. The third-order valence-corrected chi connectivity index (χ3v) is 8.36. The van der Waals surface area contributed by atoms with Gasteiger partial charge in [0.05, 0.1) is 7.11 Å². The lowest BCUT2D eigenvalue weighted by Gasteiger charge is -2.28. The van der Waals surface area contributed by atoms with E-state index in [4.69, 9.17) is 4.74 Å². The first kappa shape index (κ1) is 32.6. The number of piperidine rings is 1. The molecule has 3 N–H and O–H groups in total. The van der Waals surface area contributed by atoms with Crippen LogP contribution < -0.4 is 20.7 Å². The Morgan fingerprint density at radius 3 is 2.59 bits per heavy atom. The number of pyridine rings is 1. The fraction of sp³-hybridized carbons (Fsp3) is 0.242. The number of ether oxygens (including phenoxy) is 1. The van der Waals surface area contributed by atoms with Crippen LogP contribution in [0, 0.1) is 17.7 Å². The number of nitrogens with one attached hydrogen (secondary N) is 3. The predicted molar refractivity (Wildman–Crippen MR) is 174 cm³/mol. The molecule has 1 unspecified atom stereocenters. The number of fused-ring (bicyclic) bond motifs is 1. The van der Waals surface area contributed by atoms with E-state index in [9.17, 15) is 18.8 Å². The maximum absolute atomic E-state index is 14.4. The Labute approximate surface area is 275 Å². The van der Waals surface area contributed by atoms with Gasteiger partial charge in [0.1, 0.15) is 23.3 Å². The van der Waals surface area contributed by atoms with Gasteiger partial charge < -0.3 is 20.3 Å². The summed E-state index contributed by atoms with van der Waals surface area (Å²) in [5, 5.41) is 11.1. The van der Waals surface area contributed by atoms with Gasteiger partial charge in [0, 0.05) is 52.6 Å². The topological polar surface area (TPSA) is 126 Å². The maximum atomic E-state index is 14.4. The molecule has 2 aromatic carbocycles. The molecule has 1 atom stereocenters. The van der Waals surface area contributed by atoms with Gasteiger partial charge in [-0.15, -0.1) is 23.7 Å². The number of amides is 3. The molecule has 6 rings (SSSR count). The van der Waals surface area contributed by atoms with Crippen molar-refractivity contribution in [2.24, 2.45) is 0 Å². The zero-order chi connectivity index (χ0) is 31.3. The Morgan fingerprint density at radius 1 is 1.09 bits per heavy atom. The van der Waals surface area contributed by atoms with E-state index < -0.39 is 23.7 Å². The molecule has 0 aliphatic carbocycles. The van der Waals surface area contributed by atoms with Crippen molar-refractivity contribution in [1.29, 1.82) is 0 Å². The number of thiazole rings is 1. The first-order chi connectivity index (χ1) is 21.9. The highest BCUT2D eigenvalue weighted by molar-refractivity contribution is 7.13. The van der Waals surface area contributed by atoms with Gasteiger partial charge >= 0.3 is 0 Å². The molecular weight excluding hydrogens is 631 g/mol. The van der Waals surface area contributed by atoms with Crippen molar-refractivity contribution >= 4 is 46.6 Å². The summed E-state index contributed by atoms with van der Waals surface area (Å²) in [7, 11) is 1.42. The summed E-state index contributed by atoms with van der Waals surface area (Å²) >= 11 is 1.23. The van der Waals surface area contributed by atoms with Crippen molar-refractivity contribution in [3.8, 4) is 17.6 Å². The van der Waals surface area contributed by atoms with E-state index >= 15 is 0 Å². The third kappa shape index (κ3) is 7.18. The highest BCUT2D eigenvalue weighted by Crippen LogP contribution is 2.37. The zero-order valence-electron chi connectivity index (χ0n) is 24.7. The number of aromatic nitrogens is 2. The monoisotopic (exact) mass is 660 g/mol. The van der Waals surface area contributed by atoms with Crippen molar-refractivity contribution < 1.29 is 23.5 Å². The molecule has 46 heavy (non-hydrogen) atoms. The minimum atomic E-state index is -1.19. The molecule has 2 aliphatic rings. The Morgan fingerprint density at radius 2 is 1.87 bits per heavy atom. The standard InChI is InChI=1S/C33H29FN6O4S.ClH/c1-44-28-9-7-23(34)17-26(28)29(31(42)39-33-36-14-15-45-33)40-19-22-6-4-20(16-25(22)32(40)43)2-3-21-5-8-27(37-18-21)30(41)38-24-10-12-35-13-11-24;/h4-9,14-18,24,29,35H,10-13,19H2,1H3,(H,38,41)(H,36,39,42);1H. The number of methoxy groups -OCH3 is 1. The summed E-state index contributed by atoms with van der Waals surface area (Å²) in [6.07, 6.45) is 4.86. The number of benzene rings is 2. The summed E-state index contributed by atoms with van der Waals surface area (Å²) in [5.41, 5.74) is 2.84. The van der Waals surface area contributed by atoms with E-state index in [1.807, 2.05) is 0 Å². The Bertz CT molecular complexity index is 1800. The van der Waals surface area contributed by atoms with Gasteiger partial charge in [-0.25, -0.2) is 14.4 Å². The largest absolute Gasteiger partial charge is 0.496 e. The van der Waals surface area contributed by atoms with Crippen LogP contribution in [0.3, 0.4) is 0 Å². The van der Waals surface area contributed by atoms with E-state index in [2.05, 4.69) is 37.8 Å². The van der Waals surface area contributed by atoms with Crippen LogP contribution in [0.1, 0.15) is 62.0 Å². The van der Waals surface area contributed by atoms with Crippen LogP contribution in [-0.4, -0.2) is 58.8 Å². The molecule has 4 heterocycles. The summed E-state index contributed by atoms with van der Waals surface area (Å²) < 4.78 is 19.9. The van der Waals surface area contributed by atoms with Crippen molar-refractivity contribution in [3.63, 3.8) is 0 Å². The van der Waals surface area contributed by atoms with Gasteiger partial charge in [-0.2, -0.15) is 0 Å². The Balaban J connectivity index is 0.00000417. The second-order valence-corrected chi connectivity index (χ2v) is 11.5. The highest BCUT2D eigenvalue weighted by Gasteiger charge is 2.39. The Kier molecular flexibility index (Phi) is 10.3. The number of halogens is 2. The van der Waals surface area contributed by atoms with Gasteiger partial charge in [-0.05, 0) is 74.0 Å². The van der Waals surface area contributed by atoms with E-state index in [1.165, 1.54) is 41.5 Å². The smallest absolute Gasteiger partial charge is 0.270 e. The van der Waals surface area contributed by atoms with Crippen LogP contribution in [-0.2, 0) is 11.3 Å². The quantitative estimate of drug-likeness (QED) is 0.252. The molecule has 4 aromatic rings. The number of rotatable bonds is 7. The predicted octanol–water partition coefficient (Wildman–Crippen LogP) is 4.33. The van der Waals surface area contributed by atoms with Crippen LogP contribution in [0.2, 0.25) is 0 Å². The summed E-state index contributed by atoms with van der Waals surface area (Å²) in [4.78, 5) is 49.7. The van der Waals surface area contributed by atoms with Gasteiger partial charge in [0.15, 0.2) is 5.13 Å². The lowest BCUT2D eigenvalue weighted by atomic mass is 10.0. The van der Waals surface area contributed by atoms with Gasteiger partial charge in [0.25, 0.3) is 17.7 Å². The van der Waals surface area contributed by atoms with Crippen LogP contribution in [0.4, 0.5) is 9.52 Å². The molecule has 10 nitrogen and oxygen atoms in total. The minimum absolute atomic E-state index is 0. The number of nitrogens with zero attached hydrogens (tertiary/aromatic N) is 3. The average Bonchev–Trinajstić information content (AvgIpc) is 3.68. The number of carbonyl (C=O) groups is 3. The molecule has 0 spiro atoms. The maximum Gasteiger partial charge on any atom is 0.270 e. The normalized spacial score (nSPS) is 14.7. The van der Waals surface area contributed by atoms with Gasteiger partial charge in [0.2, 0.25) is 0 Å². The molecule has 2 aliphatic heterocycles. The van der Waals surface area contributed by atoms with Crippen LogP contribution in [0.5, 0.6) is 5.75 Å². The van der Waals surface area contributed by atoms with E-state index in [-0.39, 0.29) is 42.2 Å². The van der Waals surface area contributed by atoms with Crippen LogP contribution in [0.25, 0.3) is 0 Å².